The standard InChI is InChI=1S/C16H16N4O/c1-11-4-6-13(7-5-11)15-8-12(2)16(21)20(18-15)14-9-17-19(3)10-14/h4-10H,1-3H3. The van der Waals surface area contributed by atoms with Crippen LogP contribution in [0.4, 0.5) is 0 Å². The van der Waals surface area contributed by atoms with Crippen molar-refractivity contribution in [1.82, 2.24) is 19.6 Å². The molecule has 0 amide bonds. The average Bonchev–Trinajstić information content (AvgIpc) is 2.89. The van der Waals surface area contributed by atoms with E-state index in [2.05, 4.69) is 10.2 Å². The van der Waals surface area contributed by atoms with Crippen molar-refractivity contribution in [3.8, 4) is 16.9 Å². The van der Waals surface area contributed by atoms with E-state index in [0.717, 1.165) is 11.3 Å². The summed E-state index contributed by atoms with van der Waals surface area (Å²) < 4.78 is 3.05. The maximum absolute atomic E-state index is 12.3. The van der Waals surface area contributed by atoms with Crippen LogP contribution in [0, 0.1) is 13.8 Å². The molecule has 5 nitrogen and oxygen atoms in total. The van der Waals surface area contributed by atoms with E-state index in [1.165, 1.54) is 10.2 Å². The zero-order valence-electron chi connectivity index (χ0n) is 12.2. The van der Waals surface area contributed by atoms with Gasteiger partial charge in [0.1, 0.15) is 5.69 Å². The van der Waals surface area contributed by atoms with E-state index < -0.39 is 0 Å². The van der Waals surface area contributed by atoms with Crippen LogP contribution in [0.15, 0.2) is 47.5 Å². The smallest absolute Gasteiger partial charge is 0.274 e. The number of rotatable bonds is 2. The first-order valence-corrected chi connectivity index (χ1v) is 6.71. The highest BCUT2D eigenvalue weighted by molar-refractivity contribution is 5.59. The number of aryl methyl sites for hydroxylation is 3. The molecule has 0 unspecified atom stereocenters. The van der Waals surface area contributed by atoms with E-state index >= 15 is 0 Å². The lowest BCUT2D eigenvalue weighted by Crippen LogP contribution is -2.23. The van der Waals surface area contributed by atoms with Crippen molar-refractivity contribution in [2.75, 3.05) is 0 Å². The Morgan fingerprint density at radius 1 is 1.10 bits per heavy atom. The van der Waals surface area contributed by atoms with Crippen molar-refractivity contribution < 1.29 is 0 Å². The molecule has 3 aromatic rings. The molecule has 2 aromatic heterocycles. The van der Waals surface area contributed by atoms with Crippen molar-refractivity contribution >= 4 is 0 Å². The van der Waals surface area contributed by atoms with Gasteiger partial charge in [0.25, 0.3) is 5.56 Å². The predicted octanol–water partition coefficient (Wildman–Crippen LogP) is 2.25. The first-order chi connectivity index (χ1) is 10.0. The molecule has 3 rings (SSSR count). The van der Waals surface area contributed by atoms with Gasteiger partial charge in [0, 0.05) is 18.2 Å². The molecule has 0 atom stereocenters. The van der Waals surface area contributed by atoms with Crippen molar-refractivity contribution in [2.45, 2.75) is 13.8 Å². The van der Waals surface area contributed by atoms with Gasteiger partial charge in [0.2, 0.25) is 0 Å². The molecular formula is C16H16N4O. The normalized spacial score (nSPS) is 10.8. The van der Waals surface area contributed by atoms with E-state index in [4.69, 9.17) is 0 Å². The molecule has 0 aliphatic rings. The summed E-state index contributed by atoms with van der Waals surface area (Å²) in [6.45, 7) is 3.84. The van der Waals surface area contributed by atoms with Crippen molar-refractivity contribution in [2.24, 2.45) is 7.05 Å². The minimum Gasteiger partial charge on any atom is -0.274 e. The largest absolute Gasteiger partial charge is 0.274 e. The molecule has 0 spiro atoms. The van der Waals surface area contributed by atoms with Crippen LogP contribution in [0.25, 0.3) is 16.9 Å². The fourth-order valence-corrected chi connectivity index (χ4v) is 2.17. The number of aromatic nitrogens is 4. The lowest BCUT2D eigenvalue weighted by molar-refractivity contribution is 0.762. The molecule has 21 heavy (non-hydrogen) atoms. The number of hydrogen-bond acceptors (Lipinski definition) is 3. The second kappa shape index (κ2) is 5.01. The van der Waals surface area contributed by atoms with Crippen LogP contribution in [-0.2, 0) is 7.05 Å². The Morgan fingerprint density at radius 3 is 2.43 bits per heavy atom. The highest BCUT2D eigenvalue weighted by atomic mass is 16.1. The van der Waals surface area contributed by atoms with Gasteiger partial charge in [-0.25, -0.2) is 0 Å². The topological polar surface area (TPSA) is 52.7 Å². The molecule has 0 N–H and O–H groups in total. The maximum Gasteiger partial charge on any atom is 0.274 e. The fourth-order valence-electron chi connectivity index (χ4n) is 2.17. The van der Waals surface area contributed by atoms with E-state index in [1.807, 2.05) is 44.3 Å². The Hall–Kier alpha value is -2.69. The summed E-state index contributed by atoms with van der Waals surface area (Å²) in [7, 11) is 1.81. The third-order valence-corrected chi connectivity index (χ3v) is 3.37. The summed E-state index contributed by atoms with van der Waals surface area (Å²) in [5, 5.41) is 8.56. The Balaban J connectivity index is 2.18. The van der Waals surface area contributed by atoms with Gasteiger partial charge in [-0.1, -0.05) is 29.8 Å². The molecular weight excluding hydrogens is 264 g/mol. The lowest BCUT2D eigenvalue weighted by atomic mass is 10.1. The highest BCUT2D eigenvalue weighted by Crippen LogP contribution is 2.18. The third-order valence-electron chi connectivity index (χ3n) is 3.37. The Bertz CT molecular complexity index is 843. The summed E-state index contributed by atoms with van der Waals surface area (Å²) in [6, 6.07) is 9.90. The van der Waals surface area contributed by atoms with Crippen LogP contribution >= 0.6 is 0 Å². The maximum atomic E-state index is 12.3. The van der Waals surface area contributed by atoms with E-state index in [9.17, 15) is 4.79 Å². The molecule has 2 heterocycles. The van der Waals surface area contributed by atoms with Crippen LogP contribution in [0.5, 0.6) is 0 Å². The molecule has 0 aliphatic heterocycles. The van der Waals surface area contributed by atoms with E-state index in [0.29, 0.717) is 11.3 Å². The number of nitrogens with zero attached hydrogens (tertiary/aromatic N) is 4. The molecule has 1 aromatic carbocycles. The summed E-state index contributed by atoms with van der Waals surface area (Å²) in [5.41, 5.74) is 4.15. The quantitative estimate of drug-likeness (QED) is 0.723. The SMILES string of the molecule is Cc1ccc(-c2cc(C)c(=O)n(-c3cnn(C)c3)n2)cc1. The van der Waals surface area contributed by atoms with Gasteiger partial charge in [-0.05, 0) is 19.9 Å². The number of hydrogen-bond donors (Lipinski definition) is 0. The van der Waals surface area contributed by atoms with Crippen LogP contribution in [0.3, 0.4) is 0 Å². The summed E-state index contributed by atoms with van der Waals surface area (Å²) >= 11 is 0. The van der Waals surface area contributed by atoms with E-state index in [-0.39, 0.29) is 5.56 Å². The number of benzene rings is 1. The van der Waals surface area contributed by atoms with Crippen molar-refractivity contribution in [3.05, 3.63) is 64.2 Å². The van der Waals surface area contributed by atoms with Crippen LogP contribution in [0.2, 0.25) is 0 Å². The van der Waals surface area contributed by atoms with Crippen LogP contribution in [0.1, 0.15) is 11.1 Å². The van der Waals surface area contributed by atoms with Gasteiger partial charge in [0.15, 0.2) is 0 Å². The van der Waals surface area contributed by atoms with Crippen molar-refractivity contribution in [3.63, 3.8) is 0 Å². The Morgan fingerprint density at radius 2 is 1.81 bits per heavy atom. The highest BCUT2D eigenvalue weighted by Gasteiger charge is 2.10. The summed E-state index contributed by atoms with van der Waals surface area (Å²) in [4.78, 5) is 12.3. The predicted molar refractivity (Wildman–Crippen MR) is 81.5 cm³/mol. The average molecular weight is 280 g/mol. The first kappa shape index (κ1) is 13.3. The second-order valence-corrected chi connectivity index (χ2v) is 5.17. The minimum absolute atomic E-state index is 0.126. The van der Waals surface area contributed by atoms with Gasteiger partial charge < -0.3 is 0 Å². The third kappa shape index (κ3) is 2.50. The van der Waals surface area contributed by atoms with Gasteiger partial charge in [-0.3, -0.25) is 9.48 Å². The molecule has 0 radical (unpaired) electrons. The molecule has 0 fully saturated rings. The van der Waals surface area contributed by atoms with Crippen LogP contribution in [-0.4, -0.2) is 19.6 Å². The summed E-state index contributed by atoms with van der Waals surface area (Å²) in [6.07, 6.45) is 3.40. The van der Waals surface area contributed by atoms with Gasteiger partial charge >= 0.3 is 0 Å². The van der Waals surface area contributed by atoms with E-state index in [1.54, 1.807) is 24.0 Å². The molecule has 0 saturated heterocycles. The molecule has 106 valence electrons. The molecule has 5 heteroatoms. The van der Waals surface area contributed by atoms with Crippen LogP contribution < -0.4 is 5.56 Å². The van der Waals surface area contributed by atoms with Crippen molar-refractivity contribution in [1.29, 1.82) is 0 Å². The first-order valence-electron chi connectivity index (χ1n) is 6.71. The molecule has 0 bridgehead atoms. The zero-order chi connectivity index (χ0) is 15.0. The van der Waals surface area contributed by atoms with Gasteiger partial charge in [-0.15, -0.1) is 0 Å². The second-order valence-electron chi connectivity index (χ2n) is 5.17. The van der Waals surface area contributed by atoms with Gasteiger partial charge in [0.05, 0.1) is 18.1 Å². The fraction of sp³-hybridized carbons (Fsp3) is 0.188. The van der Waals surface area contributed by atoms with Gasteiger partial charge in [-0.2, -0.15) is 14.9 Å². The summed E-state index contributed by atoms with van der Waals surface area (Å²) in [5.74, 6) is 0. The molecule has 0 saturated carbocycles. The minimum atomic E-state index is -0.126. The monoisotopic (exact) mass is 280 g/mol. The molecule has 0 aliphatic carbocycles. The Kier molecular flexibility index (Phi) is 3.17. The lowest BCUT2D eigenvalue weighted by Gasteiger charge is -2.07. The zero-order valence-corrected chi connectivity index (χ0v) is 12.2. The Labute approximate surface area is 122 Å².